The maximum absolute atomic E-state index is 12.1. The van der Waals surface area contributed by atoms with E-state index in [0.717, 1.165) is 17.9 Å². The van der Waals surface area contributed by atoms with Crippen LogP contribution in [0.5, 0.6) is 0 Å². The van der Waals surface area contributed by atoms with Crippen molar-refractivity contribution in [1.82, 2.24) is 10.6 Å². The minimum Gasteiger partial charge on any atom is -0.352 e. The first kappa shape index (κ1) is 13.9. The third-order valence-corrected chi connectivity index (χ3v) is 4.32. The van der Waals surface area contributed by atoms with Gasteiger partial charge in [0.15, 0.2) is 0 Å². The summed E-state index contributed by atoms with van der Waals surface area (Å²) in [6, 6.07) is 8.48. The number of carbonyl (C=O) groups is 1. The summed E-state index contributed by atoms with van der Waals surface area (Å²) in [5.74, 6) is 0.763. The van der Waals surface area contributed by atoms with Crippen LogP contribution < -0.4 is 10.6 Å². The highest BCUT2D eigenvalue weighted by Crippen LogP contribution is 2.41. The SMILES string of the molecule is CC(NC(c1ccc(Cl)cc1)C1CC1)C(=O)NC1CC1. The third-order valence-electron chi connectivity index (χ3n) is 4.07. The lowest BCUT2D eigenvalue weighted by molar-refractivity contribution is -0.123. The molecule has 3 nitrogen and oxygen atoms in total. The maximum Gasteiger partial charge on any atom is 0.237 e. The Balaban J connectivity index is 1.64. The zero-order chi connectivity index (χ0) is 14.1. The summed E-state index contributed by atoms with van der Waals surface area (Å²) in [4.78, 5) is 12.1. The molecule has 2 fully saturated rings. The summed E-state index contributed by atoms with van der Waals surface area (Å²) in [5.41, 5.74) is 1.22. The summed E-state index contributed by atoms with van der Waals surface area (Å²) in [6.07, 6.45) is 4.72. The van der Waals surface area contributed by atoms with E-state index < -0.39 is 0 Å². The highest BCUT2D eigenvalue weighted by atomic mass is 35.5. The van der Waals surface area contributed by atoms with E-state index in [0.29, 0.717) is 12.0 Å². The van der Waals surface area contributed by atoms with E-state index in [1.165, 1.54) is 18.4 Å². The number of halogens is 1. The lowest BCUT2D eigenvalue weighted by Crippen LogP contribution is -2.44. The predicted molar refractivity (Wildman–Crippen MR) is 80.7 cm³/mol. The topological polar surface area (TPSA) is 41.1 Å². The summed E-state index contributed by atoms with van der Waals surface area (Å²) in [6.45, 7) is 1.95. The molecule has 2 atom stereocenters. The van der Waals surface area contributed by atoms with E-state index in [1.54, 1.807) is 0 Å². The molecule has 2 aliphatic rings. The molecule has 0 aliphatic heterocycles. The van der Waals surface area contributed by atoms with Crippen molar-refractivity contribution in [3.63, 3.8) is 0 Å². The van der Waals surface area contributed by atoms with Crippen molar-refractivity contribution < 1.29 is 4.79 Å². The van der Waals surface area contributed by atoms with Crippen LogP contribution in [0.3, 0.4) is 0 Å². The lowest BCUT2D eigenvalue weighted by Gasteiger charge is -2.23. The zero-order valence-electron chi connectivity index (χ0n) is 11.7. The van der Waals surface area contributed by atoms with E-state index in [9.17, 15) is 4.79 Å². The van der Waals surface area contributed by atoms with Crippen molar-refractivity contribution in [1.29, 1.82) is 0 Å². The van der Waals surface area contributed by atoms with E-state index in [1.807, 2.05) is 19.1 Å². The normalized spacial score (nSPS) is 21.3. The van der Waals surface area contributed by atoms with Crippen molar-refractivity contribution in [3.05, 3.63) is 34.9 Å². The van der Waals surface area contributed by atoms with Crippen molar-refractivity contribution in [2.75, 3.05) is 0 Å². The summed E-state index contributed by atoms with van der Waals surface area (Å²) >= 11 is 5.95. The number of hydrogen-bond donors (Lipinski definition) is 2. The Kier molecular flexibility index (Phi) is 3.99. The first-order valence-corrected chi connectivity index (χ1v) is 7.83. The molecular formula is C16H21ClN2O. The van der Waals surface area contributed by atoms with Gasteiger partial charge in [0, 0.05) is 17.1 Å². The van der Waals surface area contributed by atoms with E-state index in [2.05, 4.69) is 22.8 Å². The molecule has 0 heterocycles. The number of carbonyl (C=O) groups excluding carboxylic acids is 1. The molecule has 2 aliphatic carbocycles. The van der Waals surface area contributed by atoms with Gasteiger partial charge in [0.2, 0.25) is 5.91 Å². The van der Waals surface area contributed by atoms with Gasteiger partial charge in [-0.2, -0.15) is 0 Å². The Bertz CT molecular complexity index is 480. The van der Waals surface area contributed by atoms with Gasteiger partial charge >= 0.3 is 0 Å². The first-order valence-electron chi connectivity index (χ1n) is 7.45. The van der Waals surface area contributed by atoms with Crippen LogP contribution in [-0.2, 0) is 4.79 Å². The van der Waals surface area contributed by atoms with Gasteiger partial charge in [-0.05, 0) is 56.2 Å². The largest absolute Gasteiger partial charge is 0.352 e. The lowest BCUT2D eigenvalue weighted by atomic mass is 10.0. The number of hydrogen-bond acceptors (Lipinski definition) is 2. The fourth-order valence-corrected chi connectivity index (χ4v) is 2.63. The van der Waals surface area contributed by atoms with Gasteiger partial charge in [-0.1, -0.05) is 23.7 Å². The average molecular weight is 293 g/mol. The third kappa shape index (κ3) is 3.53. The molecular weight excluding hydrogens is 272 g/mol. The van der Waals surface area contributed by atoms with Crippen LogP contribution in [0.1, 0.15) is 44.2 Å². The van der Waals surface area contributed by atoms with E-state index in [4.69, 9.17) is 11.6 Å². The molecule has 0 saturated heterocycles. The molecule has 2 unspecified atom stereocenters. The van der Waals surface area contributed by atoms with Gasteiger partial charge in [0.25, 0.3) is 0 Å². The molecule has 0 radical (unpaired) electrons. The fourth-order valence-electron chi connectivity index (χ4n) is 2.50. The predicted octanol–water partition coefficient (Wildman–Crippen LogP) is 3.05. The molecule has 3 rings (SSSR count). The number of benzene rings is 1. The molecule has 1 amide bonds. The minimum atomic E-state index is -0.156. The van der Waals surface area contributed by atoms with Gasteiger partial charge in [0.1, 0.15) is 0 Å². The second-order valence-corrected chi connectivity index (χ2v) is 6.47. The van der Waals surface area contributed by atoms with Crippen LogP contribution in [0.4, 0.5) is 0 Å². The van der Waals surface area contributed by atoms with Crippen molar-refractivity contribution in [2.45, 2.75) is 50.7 Å². The Hall–Kier alpha value is -1.06. The van der Waals surface area contributed by atoms with E-state index in [-0.39, 0.29) is 18.0 Å². The molecule has 4 heteroatoms. The van der Waals surface area contributed by atoms with Gasteiger partial charge < -0.3 is 5.32 Å². The molecule has 0 spiro atoms. The number of rotatable bonds is 6. The van der Waals surface area contributed by atoms with Gasteiger partial charge in [-0.3, -0.25) is 10.1 Å². The second kappa shape index (κ2) is 5.74. The highest BCUT2D eigenvalue weighted by Gasteiger charge is 2.34. The molecule has 2 saturated carbocycles. The van der Waals surface area contributed by atoms with Gasteiger partial charge in [-0.25, -0.2) is 0 Å². The Morgan fingerprint density at radius 3 is 2.40 bits per heavy atom. The highest BCUT2D eigenvalue weighted by molar-refractivity contribution is 6.30. The molecule has 0 bridgehead atoms. The van der Waals surface area contributed by atoms with Gasteiger partial charge in [-0.15, -0.1) is 0 Å². The van der Waals surface area contributed by atoms with Crippen LogP contribution >= 0.6 is 11.6 Å². The van der Waals surface area contributed by atoms with E-state index >= 15 is 0 Å². The maximum atomic E-state index is 12.1. The number of nitrogens with one attached hydrogen (secondary N) is 2. The standard InChI is InChI=1S/C16H21ClN2O/c1-10(16(20)19-14-8-9-14)18-15(11-2-3-11)12-4-6-13(17)7-5-12/h4-7,10-11,14-15,18H,2-3,8-9H2,1H3,(H,19,20). The molecule has 1 aromatic carbocycles. The van der Waals surface area contributed by atoms with Crippen molar-refractivity contribution in [3.8, 4) is 0 Å². The molecule has 0 aromatic heterocycles. The number of amides is 1. The van der Waals surface area contributed by atoms with Crippen molar-refractivity contribution >= 4 is 17.5 Å². The quantitative estimate of drug-likeness (QED) is 0.846. The van der Waals surface area contributed by atoms with Gasteiger partial charge in [0.05, 0.1) is 6.04 Å². The molecule has 108 valence electrons. The summed E-state index contributed by atoms with van der Waals surface area (Å²) < 4.78 is 0. The molecule has 2 N–H and O–H groups in total. The first-order chi connectivity index (χ1) is 9.63. The average Bonchev–Trinajstić information content (AvgIpc) is 3.30. The minimum absolute atomic E-state index is 0.118. The monoisotopic (exact) mass is 292 g/mol. The Labute approximate surface area is 125 Å². The summed E-state index contributed by atoms with van der Waals surface area (Å²) in [5, 5.41) is 7.30. The van der Waals surface area contributed by atoms with Crippen LogP contribution in [0.25, 0.3) is 0 Å². The summed E-state index contributed by atoms with van der Waals surface area (Å²) in [7, 11) is 0. The van der Waals surface area contributed by atoms with Crippen LogP contribution in [0.2, 0.25) is 5.02 Å². The Morgan fingerprint density at radius 1 is 1.20 bits per heavy atom. The molecule has 1 aromatic rings. The zero-order valence-corrected chi connectivity index (χ0v) is 12.5. The van der Waals surface area contributed by atoms with Crippen LogP contribution in [0, 0.1) is 5.92 Å². The fraction of sp³-hybridized carbons (Fsp3) is 0.562. The molecule has 20 heavy (non-hydrogen) atoms. The second-order valence-electron chi connectivity index (χ2n) is 6.04. The van der Waals surface area contributed by atoms with Crippen molar-refractivity contribution in [2.24, 2.45) is 5.92 Å². The van der Waals surface area contributed by atoms with Crippen LogP contribution in [-0.4, -0.2) is 18.0 Å². The van der Waals surface area contributed by atoms with Crippen LogP contribution in [0.15, 0.2) is 24.3 Å². The Morgan fingerprint density at radius 2 is 1.85 bits per heavy atom. The smallest absolute Gasteiger partial charge is 0.237 e.